The predicted octanol–water partition coefficient (Wildman–Crippen LogP) is 5.66. The molecule has 0 radical (unpaired) electrons. The Labute approximate surface area is 196 Å². The lowest BCUT2D eigenvalue weighted by molar-refractivity contribution is 0.122. The summed E-state index contributed by atoms with van der Waals surface area (Å²) in [6.07, 6.45) is 14.3. The van der Waals surface area contributed by atoms with E-state index >= 15 is 0 Å². The van der Waals surface area contributed by atoms with Gasteiger partial charge < -0.3 is 14.5 Å². The normalized spacial score (nSPS) is 25.0. The molecule has 2 aliphatic heterocycles. The van der Waals surface area contributed by atoms with Gasteiger partial charge in [0, 0.05) is 50.6 Å². The number of unbranched alkanes of at least 4 members (excludes halogenated alkanes) is 1. The summed E-state index contributed by atoms with van der Waals surface area (Å²) in [5.74, 6) is 0.746. The molecule has 0 amide bonds. The second kappa shape index (κ2) is 10.3. The number of ether oxygens (including phenoxy) is 1. The Balaban J connectivity index is 1.34. The van der Waals surface area contributed by atoms with E-state index in [9.17, 15) is 0 Å². The van der Waals surface area contributed by atoms with Gasteiger partial charge in [0.05, 0.1) is 13.2 Å². The molecule has 0 N–H and O–H groups in total. The number of piperazine rings is 1. The van der Waals surface area contributed by atoms with Crippen LogP contribution >= 0.6 is 0 Å². The van der Waals surface area contributed by atoms with Crippen LogP contribution in [0.3, 0.4) is 0 Å². The maximum Gasteiger partial charge on any atom is 0.0642 e. The molecule has 2 saturated carbocycles. The van der Waals surface area contributed by atoms with Crippen LogP contribution in [0.15, 0.2) is 18.2 Å². The molecular formula is C28H45N3O. The largest absolute Gasteiger partial charge is 0.378 e. The molecule has 4 nitrogen and oxygen atoms in total. The van der Waals surface area contributed by atoms with Crippen molar-refractivity contribution in [2.45, 2.75) is 77.0 Å². The van der Waals surface area contributed by atoms with E-state index in [4.69, 9.17) is 4.74 Å². The van der Waals surface area contributed by atoms with Crippen LogP contribution in [-0.2, 0) is 4.74 Å². The van der Waals surface area contributed by atoms with Gasteiger partial charge in [-0.25, -0.2) is 0 Å². The van der Waals surface area contributed by atoms with Crippen molar-refractivity contribution in [2.75, 3.05) is 68.8 Å². The minimum atomic E-state index is 0.712. The second-order valence-electron chi connectivity index (χ2n) is 11.0. The number of hydrogen-bond donors (Lipinski definition) is 0. The molecule has 2 heterocycles. The molecule has 0 bridgehead atoms. The molecule has 2 saturated heterocycles. The lowest BCUT2D eigenvalue weighted by Gasteiger charge is -2.41. The number of anilines is 2. The van der Waals surface area contributed by atoms with Gasteiger partial charge in [-0.15, -0.1) is 0 Å². The summed E-state index contributed by atoms with van der Waals surface area (Å²) < 4.78 is 5.62. The Morgan fingerprint density at radius 3 is 2.28 bits per heavy atom. The molecule has 4 fully saturated rings. The van der Waals surface area contributed by atoms with Crippen molar-refractivity contribution >= 4 is 11.4 Å². The van der Waals surface area contributed by atoms with Crippen LogP contribution in [0.5, 0.6) is 0 Å². The molecule has 1 aromatic carbocycles. The lowest BCUT2D eigenvalue weighted by Crippen LogP contribution is -2.47. The highest BCUT2D eigenvalue weighted by atomic mass is 16.5. The van der Waals surface area contributed by atoms with Crippen molar-refractivity contribution in [1.29, 1.82) is 0 Å². The van der Waals surface area contributed by atoms with Crippen molar-refractivity contribution in [2.24, 2.45) is 5.41 Å². The summed E-state index contributed by atoms with van der Waals surface area (Å²) in [6, 6.07) is 7.46. The standard InChI is InChI=1S/C28H45N3O/c1-2-3-14-29-15-17-31(18-16-29)27-7-6-25(30-19-21-32-22-20-30)23-26(27)24-8-12-28(13-9-24)10-4-5-11-28/h6-7,23-24H,2-5,8-22H2,1H3. The molecule has 0 unspecified atom stereocenters. The van der Waals surface area contributed by atoms with E-state index < -0.39 is 0 Å². The number of morpholine rings is 1. The molecule has 1 aromatic rings. The Bertz CT molecular complexity index is 720. The van der Waals surface area contributed by atoms with Crippen LogP contribution in [-0.4, -0.2) is 63.9 Å². The number of nitrogens with zero attached hydrogens (tertiary/aromatic N) is 3. The van der Waals surface area contributed by atoms with Gasteiger partial charge in [-0.3, -0.25) is 4.90 Å². The van der Waals surface area contributed by atoms with Crippen molar-refractivity contribution in [1.82, 2.24) is 4.90 Å². The van der Waals surface area contributed by atoms with E-state index in [1.807, 2.05) is 0 Å². The van der Waals surface area contributed by atoms with Crippen LogP contribution in [0.2, 0.25) is 0 Å². The molecule has 178 valence electrons. The van der Waals surface area contributed by atoms with E-state index in [2.05, 4.69) is 39.8 Å². The minimum Gasteiger partial charge on any atom is -0.378 e. The summed E-state index contributed by atoms with van der Waals surface area (Å²) in [7, 11) is 0. The average Bonchev–Trinajstić information content (AvgIpc) is 3.31. The summed E-state index contributed by atoms with van der Waals surface area (Å²) >= 11 is 0. The number of hydrogen-bond acceptors (Lipinski definition) is 4. The molecule has 0 atom stereocenters. The van der Waals surface area contributed by atoms with Crippen LogP contribution in [0.4, 0.5) is 11.4 Å². The third-order valence-electron chi connectivity index (χ3n) is 9.08. The zero-order valence-electron chi connectivity index (χ0n) is 20.5. The molecule has 4 heteroatoms. The number of rotatable bonds is 6. The quantitative estimate of drug-likeness (QED) is 0.569. The summed E-state index contributed by atoms with van der Waals surface area (Å²) in [5, 5.41) is 0. The summed E-state index contributed by atoms with van der Waals surface area (Å²) in [6.45, 7) is 12.2. The number of benzene rings is 1. The van der Waals surface area contributed by atoms with Crippen molar-refractivity contribution in [3.63, 3.8) is 0 Å². The zero-order valence-corrected chi connectivity index (χ0v) is 20.5. The average molecular weight is 440 g/mol. The van der Waals surface area contributed by atoms with Gasteiger partial charge >= 0.3 is 0 Å². The van der Waals surface area contributed by atoms with E-state index in [1.165, 1.54) is 103 Å². The molecule has 5 rings (SSSR count). The summed E-state index contributed by atoms with van der Waals surface area (Å²) in [4.78, 5) is 7.92. The van der Waals surface area contributed by atoms with Crippen LogP contribution in [0.1, 0.15) is 82.6 Å². The fourth-order valence-electron chi connectivity index (χ4n) is 6.94. The molecular weight excluding hydrogens is 394 g/mol. The molecule has 32 heavy (non-hydrogen) atoms. The van der Waals surface area contributed by atoms with E-state index in [-0.39, 0.29) is 0 Å². The fraction of sp³-hybridized carbons (Fsp3) is 0.786. The van der Waals surface area contributed by atoms with E-state index in [1.54, 1.807) is 11.3 Å². The molecule has 0 aromatic heterocycles. The fourth-order valence-corrected chi connectivity index (χ4v) is 6.94. The highest BCUT2D eigenvalue weighted by Gasteiger charge is 2.38. The van der Waals surface area contributed by atoms with Crippen LogP contribution < -0.4 is 9.80 Å². The van der Waals surface area contributed by atoms with Gasteiger partial charge in [-0.1, -0.05) is 26.2 Å². The van der Waals surface area contributed by atoms with Crippen molar-refractivity contribution in [3.8, 4) is 0 Å². The van der Waals surface area contributed by atoms with Crippen molar-refractivity contribution in [3.05, 3.63) is 23.8 Å². The van der Waals surface area contributed by atoms with Gasteiger partial charge in [-0.2, -0.15) is 0 Å². The van der Waals surface area contributed by atoms with Gasteiger partial charge in [0.1, 0.15) is 0 Å². The van der Waals surface area contributed by atoms with Crippen molar-refractivity contribution < 1.29 is 4.74 Å². The smallest absolute Gasteiger partial charge is 0.0642 e. The zero-order chi connectivity index (χ0) is 21.8. The topological polar surface area (TPSA) is 19.0 Å². The first-order valence-electron chi connectivity index (χ1n) is 13.7. The Kier molecular flexibility index (Phi) is 7.28. The highest BCUT2D eigenvalue weighted by molar-refractivity contribution is 5.63. The third-order valence-corrected chi connectivity index (χ3v) is 9.08. The SMILES string of the molecule is CCCCN1CCN(c2ccc(N3CCOCC3)cc2C2CCC3(CCCC3)CC2)CC1. The van der Waals surface area contributed by atoms with Crippen LogP contribution in [0.25, 0.3) is 0 Å². The third kappa shape index (κ3) is 4.97. The van der Waals surface area contributed by atoms with E-state index in [0.717, 1.165) is 32.2 Å². The van der Waals surface area contributed by atoms with Crippen LogP contribution in [0, 0.1) is 5.41 Å². The monoisotopic (exact) mass is 439 g/mol. The molecule has 1 spiro atoms. The Morgan fingerprint density at radius 2 is 1.59 bits per heavy atom. The van der Waals surface area contributed by atoms with Gasteiger partial charge in [0.25, 0.3) is 0 Å². The van der Waals surface area contributed by atoms with Gasteiger partial charge in [-0.05, 0) is 86.6 Å². The lowest BCUT2D eigenvalue weighted by atomic mass is 9.68. The molecule has 4 aliphatic rings. The molecule has 2 aliphatic carbocycles. The Hall–Kier alpha value is -1.26. The maximum absolute atomic E-state index is 5.62. The first kappa shape index (κ1) is 22.5. The first-order valence-corrected chi connectivity index (χ1v) is 13.7. The maximum atomic E-state index is 5.62. The van der Waals surface area contributed by atoms with E-state index in [0.29, 0.717) is 5.41 Å². The Morgan fingerprint density at radius 1 is 0.875 bits per heavy atom. The second-order valence-corrected chi connectivity index (χ2v) is 11.0. The highest BCUT2D eigenvalue weighted by Crippen LogP contribution is 2.53. The summed E-state index contributed by atoms with van der Waals surface area (Å²) in [5.41, 5.74) is 5.34. The minimum absolute atomic E-state index is 0.712. The van der Waals surface area contributed by atoms with Gasteiger partial charge in [0.15, 0.2) is 0 Å². The predicted molar refractivity (Wildman–Crippen MR) is 135 cm³/mol. The van der Waals surface area contributed by atoms with Gasteiger partial charge in [0.2, 0.25) is 0 Å². The first-order chi connectivity index (χ1) is 15.8.